The van der Waals surface area contributed by atoms with E-state index < -0.39 is 0 Å². The molecule has 0 spiro atoms. The molecule has 0 atom stereocenters. The van der Waals surface area contributed by atoms with Crippen molar-refractivity contribution < 1.29 is 9.53 Å². The number of amides is 1. The second kappa shape index (κ2) is 7.56. The molecule has 2 rings (SSSR count). The maximum Gasteiger partial charge on any atom is 0.277 e. The molecule has 0 aliphatic heterocycles. The summed E-state index contributed by atoms with van der Waals surface area (Å²) in [6.07, 6.45) is 0. The van der Waals surface area contributed by atoms with Gasteiger partial charge in [0, 0.05) is 0 Å². The van der Waals surface area contributed by atoms with Gasteiger partial charge in [0.25, 0.3) is 5.91 Å². The number of hydrogen-bond acceptors (Lipinski definition) is 4. The van der Waals surface area contributed by atoms with Crippen LogP contribution in [-0.4, -0.2) is 18.2 Å². The standard InChI is InChI=1S/C16H17BrN2O2S/c1-10-5-4-6-11(2)16(10)21-9-15(20)19-18-12(3)13-7-8-14(17)22-13/h4-8H,9H2,1-3H3,(H,19,20). The number of carbonyl (C=O) groups is 1. The molecule has 0 saturated heterocycles. The van der Waals surface area contributed by atoms with Crippen LogP contribution >= 0.6 is 27.3 Å². The first-order valence-corrected chi connectivity index (χ1v) is 8.36. The molecule has 4 nitrogen and oxygen atoms in total. The fourth-order valence-electron chi connectivity index (χ4n) is 1.91. The van der Waals surface area contributed by atoms with Crippen LogP contribution in [0.4, 0.5) is 0 Å². The van der Waals surface area contributed by atoms with Gasteiger partial charge in [-0.25, -0.2) is 5.43 Å². The molecule has 116 valence electrons. The number of thiophene rings is 1. The topological polar surface area (TPSA) is 50.7 Å². The molecular weight excluding hydrogens is 364 g/mol. The minimum Gasteiger partial charge on any atom is -0.483 e. The minimum absolute atomic E-state index is 0.0589. The number of benzene rings is 1. The Morgan fingerprint density at radius 1 is 1.27 bits per heavy atom. The van der Waals surface area contributed by atoms with Crippen molar-refractivity contribution >= 4 is 38.9 Å². The van der Waals surface area contributed by atoms with Gasteiger partial charge in [-0.05, 0) is 60.0 Å². The predicted octanol–water partition coefficient (Wildman–Crippen LogP) is 4.05. The zero-order valence-corrected chi connectivity index (χ0v) is 15.0. The number of rotatable bonds is 5. The van der Waals surface area contributed by atoms with Crippen molar-refractivity contribution in [3.8, 4) is 5.75 Å². The zero-order chi connectivity index (χ0) is 16.1. The lowest BCUT2D eigenvalue weighted by Crippen LogP contribution is -2.25. The minimum atomic E-state index is -0.280. The van der Waals surface area contributed by atoms with Gasteiger partial charge >= 0.3 is 0 Å². The number of carbonyl (C=O) groups excluding carboxylic acids is 1. The van der Waals surface area contributed by atoms with Crippen LogP contribution < -0.4 is 10.2 Å². The van der Waals surface area contributed by atoms with Crippen LogP contribution in [0, 0.1) is 13.8 Å². The Morgan fingerprint density at radius 3 is 2.55 bits per heavy atom. The smallest absolute Gasteiger partial charge is 0.277 e. The highest BCUT2D eigenvalue weighted by atomic mass is 79.9. The van der Waals surface area contributed by atoms with Crippen LogP contribution in [0.25, 0.3) is 0 Å². The Morgan fingerprint density at radius 2 is 1.95 bits per heavy atom. The summed E-state index contributed by atoms with van der Waals surface area (Å²) >= 11 is 4.97. The average Bonchev–Trinajstić information content (AvgIpc) is 2.91. The summed E-state index contributed by atoms with van der Waals surface area (Å²) in [7, 11) is 0. The number of nitrogens with zero attached hydrogens (tertiary/aromatic N) is 1. The Balaban J connectivity index is 1.91. The molecule has 0 aliphatic rings. The van der Waals surface area contributed by atoms with Crippen LogP contribution in [0.5, 0.6) is 5.75 Å². The highest BCUT2D eigenvalue weighted by molar-refractivity contribution is 9.11. The summed E-state index contributed by atoms with van der Waals surface area (Å²) in [6, 6.07) is 9.77. The fraction of sp³-hybridized carbons (Fsp3) is 0.250. The number of ether oxygens (including phenoxy) is 1. The highest BCUT2D eigenvalue weighted by Gasteiger charge is 2.07. The molecule has 2 aromatic rings. The third kappa shape index (κ3) is 4.42. The number of hydrogen-bond donors (Lipinski definition) is 1. The summed E-state index contributed by atoms with van der Waals surface area (Å²) in [5.74, 6) is 0.471. The maximum atomic E-state index is 11.8. The summed E-state index contributed by atoms with van der Waals surface area (Å²) in [4.78, 5) is 12.8. The molecule has 1 amide bonds. The van der Waals surface area contributed by atoms with E-state index in [9.17, 15) is 4.79 Å². The van der Waals surface area contributed by atoms with Crippen LogP contribution in [0.3, 0.4) is 0 Å². The number of halogens is 1. The lowest BCUT2D eigenvalue weighted by Gasteiger charge is -2.10. The van der Waals surface area contributed by atoms with Gasteiger partial charge in [-0.3, -0.25) is 4.79 Å². The van der Waals surface area contributed by atoms with Crippen molar-refractivity contribution in [1.82, 2.24) is 5.43 Å². The van der Waals surface area contributed by atoms with E-state index in [1.807, 2.05) is 51.1 Å². The van der Waals surface area contributed by atoms with Crippen molar-refractivity contribution in [2.45, 2.75) is 20.8 Å². The summed E-state index contributed by atoms with van der Waals surface area (Å²) in [5.41, 5.74) is 5.30. The van der Waals surface area contributed by atoms with E-state index in [1.165, 1.54) is 0 Å². The molecule has 0 saturated carbocycles. The van der Waals surface area contributed by atoms with Crippen molar-refractivity contribution in [3.05, 3.63) is 50.1 Å². The van der Waals surface area contributed by atoms with Gasteiger partial charge in [-0.1, -0.05) is 18.2 Å². The van der Waals surface area contributed by atoms with E-state index in [-0.39, 0.29) is 12.5 Å². The second-order valence-electron chi connectivity index (χ2n) is 4.85. The van der Waals surface area contributed by atoms with Crippen LogP contribution in [0.2, 0.25) is 0 Å². The fourth-order valence-corrected chi connectivity index (χ4v) is 3.24. The molecule has 0 radical (unpaired) electrons. The van der Waals surface area contributed by atoms with Crippen molar-refractivity contribution in [2.24, 2.45) is 5.10 Å². The lowest BCUT2D eigenvalue weighted by molar-refractivity contribution is -0.123. The molecule has 1 heterocycles. The number of aryl methyl sites for hydroxylation is 2. The number of nitrogens with one attached hydrogen (secondary N) is 1. The van der Waals surface area contributed by atoms with E-state index >= 15 is 0 Å². The second-order valence-corrected chi connectivity index (χ2v) is 7.31. The van der Waals surface area contributed by atoms with Gasteiger partial charge in [-0.15, -0.1) is 11.3 Å². The van der Waals surface area contributed by atoms with Crippen molar-refractivity contribution in [3.63, 3.8) is 0 Å². The molecule has 22 heavy (non-hydrogen) atoms. The molecular formula is C16H17BrN2O2S. The summed E-state index contributed by atoms with van der Waals surface area (Å²) in [6.45, 7) is 5.70. The number of hydrazone groups is 1. The zero-order valence-electron chi connectivity index (χ0n) is 12.6. The summed E-state index contributed by atoms with van der Waals surface area (Å²) < 4.78 is 6.61. The van der Waals surface area contributed by atoms with Crippen LogP contribution in [0.15, 0.2) is 39.2 Å². The van der Waals surface area contributed by atoms with Gasteiger partial charge in [0.05, 0.1) is 14.4 Å². The third-order valence-corrected chi connectivity index (χ3v) is 4.77. The lowest BCUT2D eigenvalue weighted by atomic mass is 10.1. The van der Waals surface area contributed by atoms with Gasteiger partial charge in [0.15, 0.2) is 6.61 Å². The Kier molecular flexibility index (Phi) is 5.74. The SMILES string of the molecule is CC(=NNC(=O)COc1c(C)cccc1C)c1ccc(Br)s1. The molecule has 1 aromatic heterocycles. The molecule has 1 N–H and O–H groups in total. The Bertz CT molecular complexity index is 690. The van der Waals surface area contributed by atoms with Crippen LogP contribution in [0.1, 0.15) is 22.9 Å². The van der Waals surface area contributed by atoms with Gasteiger partial charge in [-0.2, -0.15) is 5.10 Å². The van der Waals surface area contributed by atoms with Crippen molar-refractivity contribution in [1.29, 1.82) is 0 Å². The van der Waals surface area contributed by atoms with E-state index in [0.717, 1.165) is 31.3 Å². The Labute approximate surface area is 142 Å². The van der Waals surface area contributed by atoms with E-state index in [0.29, 0.717) is 0 Å². The monoisotopic (exact) mass is 380 g/mol. The average molecular weight is 381 g/mol. The molecule has 0 bridgehead atoms. The molecule has 0 aliphatic carbocycles. The molecule has 6 heteroatoms. The van der Waals surface area contributed by atoms with Gasteiger partial charge in [0.2, 0.25) is 0 Å². The van der Waals surface area contributed by atoms with E-state index in [2.05, 4.69) is 26.5 Å². The third-order valence-electron chi connectivity index (χ3n) is 3.03. The van der Waals surface area contributed by atoms with Gasteiger partial charge in [0.1, 0.15) is 5.75 Å². The maximum absolute atomic E-state index is 11.8. The summed E-state index contributed by atoms with van der Waals surface area (Å²) in [5, 5.41) is 4.09. The van der Waals surface area contributed by atoms with Crippen LogP contribution in [-0.2, 0) is 4.79 Å². The normalized spacial score (nSPS) is 11.4. The molecule has 1 aromatic carbocycles. The highest BCUT2D eigenvalue weighted by Crippen LogP contribution is 2.23. The first-order chi connectivity index (χ1) is 10.5. The Hall–Kier alpha value is -1.66. The number of para-hydroxylation sites is 1. The predicted molar refractivity (Wildman–Crippen MR) is 93.8 cm³/mol. The quantitative estimate of drug-likeness (QED) is 0.628. The molecule has 0 unspecified atom stereocenters. The van der Waals surface area contributed by atoms with Crippen molar-refractivity contribution in [2.75, 3.05) is 6.61 Å². The van der Waals surface area contributed by atoms with E-state index in [4.69, 9.17) is 4.74 Å². The largest absolute Gasteiger partial charge is 0.483 e. The first kappa shape index (κ1) is 16.7. The first-order valence-electron chi connectivity index (χ1n) is 6.75. The van der Waals surface area contributed by atoms with Gasteiger partial charge < -0.3 is 4.74 Å². The molecule has 0 fully saturated rings. The van der Waals surface area contributed by atoms with E-state index in [1.54, 1.807) is 11.3 Å².